The molecule has 4 nitrogen and oxygen atoms in total. The van der Waals surface area contributed by atoms with Crippen LogP contribution >= 0.6 is 0 Å². The molecule has 0 radical (unpaired) electrons. The highest BCUT2D eigenvalue weighted by Gasteiger charge is 2.35. The van der Waals surface area contributed by atoms with Gasteiger partial charge in [0.25, 0.3) is 0 Å². The molecule has 1 aliphatic rings. The van der Waals surface area contributed by atoms with Crippen molar-refractivity contribution < 1.29 is 9.53 Å². The van der Waals surface area contributed by atoms with Crippen molar-refractivity contribution in [1.82, 2.24) is 9.88 Å². The molecule has 0 N–H and O–H groups in total. The highest BCUT2D eigenvalue weighted by molar-refractivity contribution is 5.79. The first-order valence-electron chi connectivity index (χ1n) is 7.35. The molecule has 0 aromatic carbocycles. The van der Waals surface area contributed by atoms with E-state index in [-0.39, 0.29) is 17.9 Å². The van der Waals surface area contributed by atoms with Gasteiger partial charge >= 0.3 is 0 Å². The van der Waals surface area contributed by atoms with Crippen LogP contribution in [0.1, 0.15) is 32.3 Å². The van der Waals surface area contributed by atoms with E-state index in [1.807, 2.05) is 24.1 Å². The molecule has 2 rings (SSSR count). The third-order valence-corrected chi connectivity index (χ3v) is 3.89. The first kappa shape index (κ1) is 15.0. The van der Waals surface area contributed by atoms with Crippen LogP contribution in [0.15, 0.2) is 24.5 Å². The number of nitrogens with zero attached hydrogens (tertiary/aromatic N) is 2. The summed E-state index contributed by atoms with van der Waals surface area (Å²) in [6.45, 7) is 5.65. The van der Waals surface area contributed by atoms with E-state index in [0.29, 0.717) is 12.5 Å². The van der Waals surface area contributed by atoms with Crippen molar-refractivity contribution in [3.63, 3.8) is 0 Å². The van der Waals surface area contributed by atoms with Crippen molar-refractivity contribution in [3.8, 4) is 0 Å². The average molecular weight is 276 g/mol. The SMILES string of the molecule is CC(C)[C@H]1OCCC[C@H]1C(=O)N(C)Cc1ccncc1. The van der Waals surface area contributed by atoms with Crippen LogP contribution in [0.3, 0.4) is 0 Å². The van der Waals surface area contributed by atoms with Gasteiger partial charge in [0.2, 0.25) is 5.91 Å². The molecular weight excluding hydrogens is 252 g/mol. The van der Waals surface area contributed by atoms with Crippen LogP contribution < -0.4 is 0 Å². The second-order valence-corrected chi connectivity index (χ2v) is 5.88. The topological polar surface area (TPSA) is 42.4 Å². The van der Waals surface area contributed by atoms with Crippen LogP contribution in [0.4, 0.5) is 0 Å². The zero-order valence-corrected chi connectivity index (χ0v) is 12.6. The summed E-state index contributed by atoms with van der Waals surface area (Å²) >= 11 is 0. The molecule has 20 heavy (non-hydrogen) atoms. The third-order valence-electron chi connectivity index (χ3n) is 3.89. The fourth-order valence-corrected chi connectivity index (χ4v) is 2.85. The molecule has 1 amide bonds. The number of carbonyl (C=O) groups excluding carboxylic acids is 1. The summed E-state index contributed by atoms with van der Waals surface area (Å²) in [4.78, 5) is 18.5. The van der Waals surface area contributed by atoms with E-state index >= 15 is 0 Å². The van der Waals surface area contributed by atoms with Crippen LogP contribution in [0.5, 0.6) is 0 Å². The van der Waals surface area contributed by atoms with Gasteiger partial charge in [-0.1, -0.05) is 13.8 Å². The zero-order valence-electron chi connectivity index (χ0n) is 12.6. The lowest BCUT2D eigenvalue weighted by Gasteiger charge is -2.35. The van der Waals surface area contributed by atoms with E-state index < -0.39 is 0 Å². The first-order valence-corrected chi connectivity index (χ1v) is 7.35. The molecule has 2 heterocycles. The van der Waals surface area contributed by atoms with Gasteiger partial charge in [-0.3, -0.25) is 9.78 Å². The molecule has 0 aliphatic carbocycles. The second-order valence-electron chi connectivity index (χ2n) is 5.88. The maximum absolute atomic E-state index is 12.6. The maximum atomic E-state index is 12.6. The Morgan fingerprint density at radius 1 is 1.45 bits per heavy atom. The molecule has 1 aromatic rings. The van der Waals surface area contributed by atoms with Gasteiger partial charge in [0.1, 0.15) is 0 Å². The first-order chi connectivity index (χ1) is 9.59. The van der Waals surface area contributed by atoms with Crippen LogP contribution in [0.25, 0.3) is 0 Å². The van der Waals surface area contributed by atoms with Crippen LogP contribution in [0.2, 0.25) is 0 Å². The summed E-state index contributed by atoms with van der Waals surface area (Å²) < 4.78 is 5.82. The molecule has 0 spiro atoms. The number of rotatable bonds is 4. The van der Waals surface area contributed by atoms with Gasteiger partial charge in [-0.2, -0.15) is 0 Å². The lowest BCUT2D eigenvalue weighted by Crippen LogP contribution is -2.44. The Bertz CT molecular complexity index is 433. The minimum absolute atomic E-state index is 0.00409. The molecule has 1 aromatic heterocycles. The smallest absolute Gasteiger partial charge is 0.228 e. The normalized spacial score (nSPS) is 22.8. The number of hydrogen-bond acceptors (Lipinski definition) is 3. The Morgan fingerprint density at radius 3 is 2.80 bits per heavy atom. The number of ether oxygens (including phenoxy) is 1. The van der Waals surface area contributed by atoms with E-state index in [2.05, 4.69) is 18.8 Å². The fourth-order valence-electron chi connectivity index (χ4n) is 2.85. The molecule has 0 bridgehead atoms. The number of carbonyl (C=O) groups is 1. The van der Waals surface area contributed by atoms with Crippen molar-refractivity contribution in [1.29, 1.82) is 0 Å². The predicted molar refractivity (Wildman–Crippen MR) is 78.0 cm³/mol. The average Bonchev–Trinajstić information content (AvgIpc) is 2.47. The summed E-state index contributed by atoms with van der Waals surface area (Å²) in [5.74, 6) is 0.564. The van der Waals surface area contributed by atoms with Gasteiger partial charge in [0.05, 0.1) is 12.0 Å². The Morgan fingerprint density at radius 2 is 2.15 bits per heavy atom. The third kappa shape index (κ3) is 3.57. The number of hydrogen-bond donors (Lipinski definition) is 0. The van der Waals surface area contributed by atoms with Crippen LogP contribution in [-0.4, -0.2) is 35.5 Å². The molecule has 0 unspecified atom stereocenters. The van der Waals surface area contributed by atoms with E-state index in [4.69, 9.17) is 4.74 Å². The second kappa shape index (κ2) is 6.84. The van der Waals surface area contributed by atoms with Gasteiger partial charge in [-0.25, -0.2) is 0 Å². The van der Waals surface area contributed by atoms with E-state index in [9.17, 15) is 4.79 Å². The van der Waals surface area contributed by atoms with Crippen molar-refractivity contribution >= 4 is 5.91 Å². The number of pyridine rings is 1. The zero-order chi connectivity index (χ0) is 14.5. The van der Waals surface area contributed by atoms with Gasteiger partial charge in [0.15, 0.2) is 0 Å². The summed E-state index contributed by atoms with van der Waals surface area (Å²) in [6, 6.07) is 3.89. The van der Waals surface area contributed by atoms with Crippen molar-refractivity contribution in [2.45, 2.75) is 39.3 Å². The van der Waals surface area contributed by atoms with Gasteiger partial charge in [-0.05, 0) is 36.5 Å². The van der Waals surface area contributed by atoms with Crippen molar-refractivity contribution in [3.05, 3.63) is 30.1 Å². The highest BCUT2D eigenvalue weighted by Crippen LogP contribution is 2.28. The van der Waals surface area contributed by atoms with Crippen LogP contribution in [-0.2, 0) is 16.1 Å². The summed E-state index contributed by atoms with van der Waals surface area (Å²) in [7, 11) is 1.87. The Hall–Kier alpha value is -1.42. The fraction of sp³-hybridized carbons (Fsp3) is 0.625. The predicted octanol–water partition coefficient (Wildman–Crippen LogP) is 2.49. The summed E-state index contributed by atoms with van der Waals surface area (Å²) in [5, 5.41) is 0. The Kier molecular flexibility index (Phi) is 5.12. The molecule has 110 valence electrons. The van der Waals surface area contributed by atoms with Gasteiger partial charge in [-0.15, -0.1) is 0 Å². The van der Waals surface area contributed by atoms with Gasteiger partial charge in [0, 0.05) is 32.6 Å². The Balaban J connectivity index is 2.01. The maximum Gasteiger partial charge on any atom is 0.228 e. The quantitative estimate of drug-likeness (QED) is 0.848. The lowest BCUT2D eigenvalue weighted by atomic mass is 9.86. The van der Waals surface area contributed by atoms with Crippen LogP contribution in [0, 0.1) is 11.8 Å². The lowest BCUT2D eigenvalue weighted by molar-refractivity contribution is -0.147. The van der Waals surface area contributed by atoms with Crippen molar-refractivity contribution in [2.75, 3.05) is 13.7 Å². The molecule has 0 saturated carbocycles. The summed E-state index contributed by atoms with van der Waals surface area (Å²) in [5.41, 5.74) is 1.11. The van der Waals surface area contributed by atoms with E-state index in [1.165, 1.54) is 0 Å². The monoisotopic (exact) mass is 276 g/mol. The molecule has 1 fully saturated rings. The molecule has 2 atom stereocenters. The van der Waals surface area contributed by atoms with Crippen molar-refractivity contribution in [2.24, 2.45) is 11.8 Å². The minimum atomic E-state index is -0.00409. The van der Waals surface area contributed by atoms with E-state index in [1.54, 1.807) is 12.4 Å². The largest absolute Gasteiger partial charge is 0.377 e. The molecular formula is C16H24N2O2. The highest BCUT2D eigenvalue weighted by atomic mass is 16.5. The molecule has 1 saturated heterocycles. The van der Waals surface area contributed by atoms with Gasteiger partial charge < -0.3 is 9.64 Å². The molecule has 4 heteroatoms. The number of amides is 1. The molecule has 1 aliphatic heterocycles. The summed E-state index contributed by atoms with van der Waals surface area (Å²) in [6.07, 6.45) is 5.48. The standard InChI is InChI=1S/C16H24N2O2/c1-12(2)15-14(5-4-10-20-15)16(19)18(3)11-13-6-8-17-9-7-13/h6-9,12,14-15H,4-5,10-11H2,1-3H3/t14-,15-/m1/s1. The minimum Gasteiger partial charge on any atom is -0.377 e. The van der Waals surface area contributed by atoms with E-state index in [0.717, 1.165) is 25.0 Å². The Labute approximate surface area is 121 Å². The number of aromatic nitrogens is 1.